The number of aromatic carboxylic acids is 1. The van der Waals surface area contributed by atoms with Gasteiger partial charge in [0.05, 0.1) is 23.1 Å². The molecule has 0 saturated carbocycles. The smallest absolute Gasteiger partial charge is 0.338 e. The van der Waals surface area contributed by atoms with Crippen molar-refractivity contribution >= 4 is 23.4 Å². The van der Waals surface area contributed by atoms with Crippen LogP contribution >= 0.6 is 0 Å². The van der Waals surface area contributed by atoms with Crippen LogP contribution in [0.4, 0.5) is 20.6 Å². The van der Waals surface area contributed by atoms with Crippen LogP contribution in [0.2, 0.25) is 0 Å². The number of carbonyl (C=O) groups excluding carboxylic acids is 1. The molecule has 21 heavy (non-hydrogen) atoms. The second kappa shape index (κ2) is 6.00. The number of hydrogen-bond acceptors (Lipinski definition) is 3. The topological polar surface area (TPSA) is 91.3 Å². The maximum Gasteiger partial charge on any atom is 0.338 e. The first-order valence-electron chi connectivity index (χ1n) is 6.00. The summed E-state index contributed by atoms with van der Waals surface area (Å²) >= 11 is 0. The molecule has 2 aromatic rings. The van der Waals surface area contributed by atoms with E-state index < -0.39 is 23.4 Å². The Bertz CT molecular complexity index is 686. The fourth-order valence-corrected chi connectivity index (χ4v) is 1.62. The molecule has 2 rings (SSSR count). The fraction of sp³-hybridized carbons (Fsp3) is 0.0714. The maximum absolute atomic E-state index is 13.8. The second-order valence-electron chi connectivity index (χ2n) is 4.24. The number of urea groups is 1. The van der Waals surface area contributed by atoms with Gasteiger partial charge in [-0.1, -0.05) is 6.07 Å². The molecule has 0 aliphatic heterocycles. The third kappa shape index (κ3) is 3.53. The lowest BCUT2D eigenvalue weighted by Gasteiger charge is -2.09. The van der Waals surface area contributed by atoms with Crippen molar-refractivity contribution in [1.29, 1.82) is 0 Å². The Balaban J connectivity index is 2.11. The van der Waals surface area contributed by atoms with E-state index in [1.165, 1.54) is 18.3 Å². The van der Waals surface area contributed by atoms with Crippen molar-refractivity contribution in [1.82, 2.24) is 4.98 Å². The van der Waals surface area contributed by atoms with E-state index in [4.69, 9.17) is 5.11 Å². The third-order valence-corrected chi connectivity index (χ3v) is 2.65. The molecule has 1 heterocycles. The molecule has 2 amide bonds. The lowest BCUT2D eigenvalue weighted by Crippen LogP contribution is -2.20. The molecule has 0 fully saturated rings. The first kappa shape index (κ1) is 14.4. The van der Waals surface area contributed by atoms with Crippen LogP contribution in [0.15, 0.2) is 36.5 Å². The molecule has 0 saturated heterocycles. The Morgan fingerprint density at radius 2 is 1.95 bits per heavy atom. The van der Waals surface area contributed by atoms with Crippen LogP contribution < -0.4 is 10.6 Å². The van der Waals surface area contributed by atoms with E-state index in [2.05, 4.69) is 15.6 Å². The second-order valence-corrected chi connectivity index (χ2v) is 4.24. The van der Waals surface area contributed by atoms with Crippen LogP contribution in [0, 0.1) is 12.7 Å². The van der Waals surface area contributed by atoms with Gasteiger partial charge < -0.3 is 15.7 Å². The van der Waals surface area contributed by atoms with Gasteiger partial charge >= 0.3 is 12.0 Å². The van der Waals surface area contributed by atoms with E-state index in [0.29, 0.717) is 5.69 Å². The molecule has 1 aromatic heterocycles. The summed E-state index contributed by atoms with van der Waals surface area (Å²) in [6.07, 6.45) is 1.46. The summed E-state index contributed by atoms with van der Waals surface area (Å²) in [7, 11) is 0. The number of pyridine rings is 1. The number of carboxylic acids is 1. The van der Waals surface area contributed by atoms with Gasteiger partial charge in [-0.3, -0.25) is 4.98 Å². The standard InChI is InChI=1S/C14H12FN3O3/c1-8-5-6-9(7-16-8)17-14(21)18-11-4-2-3-10(12(11)15)13(19)20/h2-7H,1H3,(H,19,20)(H2,17,18,21). The lowest BCUT2D eigenvalue weighted by atomic mass is 10.2. The Morgan fingerprint density at radius 3 is 2.57 bits per heavy atom. The molecule has 0 aliphatic carbocycles. The molecular formula is C14H12FN3O3. The van der Waals surface area contributed by atoms with Crippen molar-refractivity contribution < 1.29 is 19.1 Å². The van der Waals surface area contributed by atoms with Crippen molar-refractivity contribution in [2.24, 2.45) is 0 Å². The highest BCUT2D eigenvalue weighted by Gasteiger charge is 2.15. The number of aryl methyl sites for hydroxylation is 1. The van der Waals surface area contributed by atoms with Crippen molar-refractivity contribution in [3.63, 3.8) is 0 Å². The number of nitrogens with one attached hydrogen (secondary N) is 2. The first-order valence-corrected chi connectivity index (χ1v) is 6.00. The minimum atomic E-state index is -1.40. The van der Waals surface area contributed by atoms with Crippen LogP contribution in [-0.4, -0.2) is 22.1 Å². The zero-order valence-electron chi connectivity index (χ0n) is 11.1. The summed E-state index contributed by atoms with van der Waals surface area (Å²) in [5.74, 6) is -2.40. The normalized spacial score (nSPS) is 10.0. The number of carbonyl (C=O) groups is 2. The summed E-state index contributed by atoms with van der Waals surface area (Å²) in [5, 5.41) is 13.5. The van der Waals surface area contributed by atoms with Gasteiger partial charge in [0.1, 0.15) is 0 Å². The Morgan fingerprint density at radius 1 is 1.19 bits per heavy atom. The van der Waals surface area contributed by atoms with Gasteiger partial charge in [-0.15, -0.1) is 0 Å². The number of benzene rings is 1. The van der Waals surface area contributed by atoms with Gasteiger partial charge in [0.2, 0.25) is 0 Å². The molecule has 0 bridgehead atoms. The summed E-state index contributed by atoms with van der Waals surface area (Å²) in [4.78, 5) is 26.5. The minimum Gasteiger partial charge on any atom is -0.478 e. The van der Waals surface area contributed by atoms with E-state index in [0.717, 1.165) is 11.8 Å². The maximum atomic E-state index is 13.8. The highest BCUT2D eigenvalue weighted by atomic mass is 19.1. The molecule has 1 aromatic carbocycles. The molecule has 3 N–H and O–H groups in total. The molecule has 7 heteroatoms. The van der Waals surface area contributed by atoms with Crippen molar-refractivity contribution in [2.45, 2.75) is 6.92 Å². The first-order chi connectivity index (χ1) is 9.97. The SMILES string of the molecule is Cc1ccc(NC(=O)Nc2cccc(C(=O)O)c2F)cn1. The van der Waals surface area contributed by atoms with Crippen molar-refractivity contribution in [3.05, 3.63) is 53.6 Å². The summed E-state index contributed by atoms with van der Waals surface area (Å²) in [6.45, 7) is 1.80. The number of nitrogens with zero attached hydrogens (tertiary/aromatic N) is 1. The number of carboxylic acid groups (broad SMARTS) is 1. The van der Waals surface area contributed by atoms with E-state index in [1.54, 1.807) is 19.1 Å². The predicted octanol–water partition coefficient (Wildman–Crippen LogP) is 2.87. The number of rotatable bonds is 3. The number of amides is 2. The largest absolute Gasteiger partial charge is 0.478 e. The summed E-state index contributed by atoms with van der Waals surface area (Å²) < 4.78 is 13.8. The molecule has 0 atom stereocenters. The minimum absolute atomic E-state index is 0.215. The quantitative estimate of drug-likeness (QED) is 0.810. The highest BCUT2D eigenvalue weighted by molar-refractivity contribution is 6.00. The molecule has 0 spiro atoms. The summed E-state index contributed by atoms with van der Waals surface area (Å²) in [6, 6.07) is 6.39. The third-order valence-electron chi connectivity index (χ3n) is 2.65. The molecule has 6 nitrogen and oxygen atoms in total. The molecule has 108 valence electrons. The van der Waals surface area contributed by atoms with Gasteiger partial charge in [0.15, 0.2) is 5.82 Å². The van der Waals surface area contributed by atoms with Gasteiger partial charge in [-0.2, -0.15) is 0 Å². The van der Waals surface area contributed by atoms with E-state index in [9.17, 15) is 14.0 Å². The average Bonchev–Trinajstić information content (AvgIpc) is 2.43. The number of halogens is 1. The van der Waals surface area contributed by atoms with Gasteiger partial charge in [0, 0.05) is 5.69 Å². The van der Waals surface area contributed by atoms with Crippen LogP contribution in [0.5, 0.6) is 0 Å². The van der Waals surface area contributed by atoms with E-state index >= 15 is 0 Å². The molecular weight excluding hydrogens is 277 g/mol. The van der Waals surface area contributed by atoms with Gasteiger partial charge in [-0.05, 0) is 31.2 Å². The lowest BCUT2D eigenvalue weighted by molar-refractivity contribution is 0.0692. The monoisotopic (exact) mass is 289 g/mol. The Labute approximate surface area is 119 Å². The van der Waals surface area contributed by atoms with E-state index in [-0.39, 0.29) is 5.69 Å². The molecule has 0 unspecified atom stereocenters. The Hall–Kier alpha value is -2.96. The van der Waals surface area contributed by atoms with Crippen LogP contribution in [-0.2, 0) is 0 Å². The predicted molar refractivity (Wildman–Crippen MR) is 75.0 cm³/mol. The highest BCUT2D eigenvalue weighted by Crippen LogP contribution is 2.18. The van der Waals surface area contributed by atoms with Crippen LogP contribution in [0.1, 0.15) is 16.1 Å². The number of anilines is 2. The zero-order valence-corrected chi connectivity index (χ0v) is 11.1. The number of aromatic nitrogens is 1. The van der Waals surface area contributed by atoms with Gasteiger partial charge in [-0.25, -0.2) is 14.0 Å². The summed E-state index contributed by atoms with van der Waals surface area (Å²) in [5.41, 5.74) is 0.506. The molecule has 0 aliphatic rings. The average molecular weight is 289 g/mol. The van der Waals surface area contributed by atoms with Crippen LogP contribution in [0.3, 0.4) is 0 Å². The number of hydrogen-bond donors (Lipinski definition) is 3. The Kier molecular flexibility index (Phi) is 4.13. The fourth-order valence-electron chi connectivity index (χ4n) is 1.62. The van der Waals surface area contributed by atoms with Gasteiger partial charge in [0.25, 0.3) is 0 Å². The zero-order chi connectivity index (χ0) is 15.4. The van der Waals surface area contributed by atoms with Crippen molar-refractivity contribution in [2.75, 3.05) is 10.6 Å². The molecule has 0 radical (unpaired) electrons. The van der Waals surface area contributed by atoms with Crippen molar-refractivity contribution in [3.8, 4) is 0 Å². The van der Waals surface area contributed by atoms with Crippen LogP contribution in [0.25, 0.3) is 0 Å². The van der Waals surface area contributed by atoms with E-state index in [1.807, 2.05) is 0 Å².